The number of amides is 1. The minimum atomic E-state index is -4.74. The molecule has 0 radical (unpaired) electrons. The van der Waals surface area contributed by atoms with Crippen molar-refractivity contribution in [2.45, 2.75) is 33.2 Å². The lowest BCUT2D eigenvalue weighted by Gasteiger charge is -2.28. The van der Waals surface area contributed by atoms with Crippen molar-refractivity contribution in [3.63, 3.8) is 0 Å². The first-order valence-electron chi connectivity index (χ1n) is 11.7. The van der Waals surface area contributed by atoms with Crippen molar-refractivity contribution < 1.29 is 27.4 Å². The van der Waals surface area contributed by atoms with Gasteiger partial charge in [-0.05, 0) is 66.9 Å². The van der Waals surface area contributed by atoms with Crippen molar-refractivity contribution in [3.8, 4) is 22.6 Å². The number of fused-ring (bicyclic) bond motifs is 3. The molecule has 36 heavy (non-hydrogen) atoms. The molecule has 4 aromatic rings. The molecule has 1 aliphatic heterocycles. The van der Waals surface area contributed by atoms with Gasteiger partial charge in [-0.2, -0.15) is 0 Å². The average Bonchev–Trinajstić information content (AvgIpc) is 3.21. The molecule has 0 saturated carbocycles. The molecule has 1 N–H and O–H groups in total. The molecular formula is C28H25F3N2O3. The number of alkyl halides is 3. The SMILES string of the molecule is CCOc1ccc2[nH]c3c(c2c1)CN(C(=O)c1cccc(-c2ccc(OC(F)(F)F)cc2)c1C)CC3. The molecule has 1 aliphatic rings. The number of ether oxygens (including phenoxy) is 2. The van der Waals surface area contributed by atoms with E-state index in [0.29, 0.717) is 30.8 Å². The summed E-state index contributed by atoms with van der Waals surface area (Å²) >= 11 is 0. The summed E-state index contributed by atoms with van der Waals surface area (Å²) in [5.74, 6) is 0.435. The van der Waals surface area contributed by atoms with Crippen LogP contribution in [0.5, 0.6) is 11.5 Å². The van der Waals surface area contributed by atoms with Crippen LogP contribution in [0.2, 0.25) is 0 Å². The molecule has 5 nitrogen and oxygen atoms in total. The van der Waals surface area contributed by atoms with Crippen LogP contribution in [0.25, 0.3) is 22.0 Å². The van der Waals surface area contributed by atoms with Gasteiger partial charge in [0.05, 0.1) is 6.61 Å². The van der Waals surface area contributed by atoms with E-state index in [1.807, 2.05) is 43.0 Å². The van der Waals surface area contributed by atoms with Crippen LogP contribution < -0.4 is 9.47 Å². The van der Waals surface area contributed by atoms with E-state index in [4.69, 9.17) is 4.74 Å². The van der Waals surface area contributed by atoms with Gasteiger partial charge in [-0.3, -0.25) is 4.79 Å². The van der Waals surface area contributed by atoms with E-state index >= 15 is 0 Å². The topological polar surface area (TPSA) is 54.6 Å². The summed E-state index contributed by atoms with van der Waals surface area (Å²) in [5.41, 5.74) is 6.09. The van der Waals surface area contributed by atoms with Crippen LogP contribution in [0.1, 0.15) is 34.1 Å². The Balaban J connectivity index is 1.41. The number of aromatic nitrogens is 1. The highest BCUT2D eigenvalue weighted by molar-refractivity contribution is 5.98. The maximum absolute atomic E-state index is 13.6. The van der Waals surface area contributed by atoms with Crippen molar-refractivity contribution in [2.24, 2.45) is 0 Å². The summed E-state index contributed by atoms with van der Waals surface area (Å²) in [7, 11) is 0. The molecule has 1 amide bonds. The second kappa shape index (κ2) is 9.26. The van der Waals surface area contributed by atoms with Crippen molar-refractivity contribution in [1.29, 1.82) is 0 Å². The third-order valence-electron chi connectivity index (χ3n) is 6.51. The first-order valence-corrected chi connectivity index (χ1v) is 11.7. The highest BCUT2D eigenvalue weighted by atomic mass is 19.4. The Hall–Kier alpha value is -3.94. The molecule has 0 bridgehead atoms. The number of carbonyl (C=O) groups excluding carboxylic acids is 1. The van der Waals surface area contributed by atoms with Crippen molar-refractivity contribution in [2.75, 3.05) is 13.2 Å². The summed E-state index contributed by atoms with van der Waals surface area (Å²) in [4.78, 5) is 18.9. The molecule has 0 spiro atoms. The van der Waals surface area contributed by atoms with Crippen LogP contribution >= 0.6 is 0 Å². The van der Waals surface area contributed by atoms with E-state index in [1.54, 1.807) is 24.3 Å². The van der Waals surface area contributed by atoms with Gasteiger partial charge < -0.3 is 19.4 Å². The number of hydrogen-bond donors (Lipinski definition) is 1. The fourth-order valence-electron chi connectivity index (χ4n) is 4.81. The average molecular weight is 495 g/mol. The van der Waals surface area contributed by atoms with Crippen molar-refractivity contribution >= 4 is 16.8 Å². The Labute approximate surface area is 206 Å². The first kappa shape index (κ1) is 23.8. The van der Waals surface area contributed by atoms with E-state index in [-0.39, 0.29) is 11.7 Å². The molecule has 0 saturated heterocycles. The zero-order chi connectivity index (χ0) is 25.4. The van der Waals surface area contributed by atoms with Crippen molar-refractivity contribution in [1.82, 2.24) is 9.88 Å². The Morgan fingerprint density at radius 3 is 2.53 bits per heavy atom. The Morgan fingerprint density at radius 1 is 1.06 bits per heavy atom. The van der Waals surface area contributed by atoms with E-state index in [0.717, 1.165) is 45.5 Å². The monoisotopic (exact) mass is 494 g/mol. The molecule has 5 rings (SSSR count). The van der Waals surface area contributed by atoms with Crippen LogP contribution in [0.3, 0.4) is 0 Å². The summed E-state index contributed by atoms with van der Waals surface area (Å²) in [6, 6.07) is 17.1. The Kier molecular flexibility index (Phi) is 6.12. The molecule has 2 heterocycles. The molecular weight excluding hydrogens is 469 g/mol. The lowest BCUT2D eigenvalue weighted by molar-refractivity contribution is -0.274. The van der Waals surface area contributed by atoms with Gasteiger partial charge in [0.15, 0.2) is 0 Å². The number of hydrogen-bond acceptors (Lipinski definition) is 3. The molecule has 0 unspecified atom stereocenters. The summed E-state index contributed by atoms with van der Waals surface area (Å²) in [5, 5.41) is 1.06. The molecule has 186 valence electrons. The van der Waals surface area contributed by atoms with Crippen molar-refractivity contribution in [3.05, 3.63) is 83.0 Å². The number of nitrogens with zero attached hydrogens (tertiary/aromatic N) is 1. The molecule has 0 aliphatic carbocycles. The third kappa shape index (κ3) is 4.63. The van der Waals surface area contributed by atoms with Gasteiger partial charge in [-0.1, -0.05) is 24.3 Å². The second-order valence-electron chi connectivity index (χ2n) is 8.75. The van der Waals surface area contributed by atoms with E-state index in [9.17, 15) is 18.0 Å². The van der Waals surface area contributed by atoms with Gasteiger partial charge in [-0.25, -0.2) is 0 Å². The maximum Gasteiger partial charge on any atom is 0.573 e. The predicted octanol–water partition coefficient (Wildman–Crippen LogP) is 6.64. The quantitative estimate of drug-likeness (QED) is 0.338. The highest BCUT2D eigenvalue weighted by Gasteiger charge is 2.31. The lowest BCUT2D eigenvalue weighted by Crippen LogP contribution is -2.36. The molecule has 1 aromatic heterocycles. The Morgan fingerprint density at radius 2 is 1.81 bits per heavy atom. The number of halogens is 3. The van der Waals surface area contributed by atoms with Crippen LogP contribution in [0, 0.1) is 6.92 Å². The summed E-state index contributed by atoms with van der Waals surface area (Å²) < 4.78 is 47.1. The number of rotatable bonds is 5. The van der Waals surface area contributed by atoms with Gasteiger partial charge in [0.2, 0.25) is 0 Å². The first-order chi connectivity index (χ1) is 17.2. The number of benzene rings is 3. The van der Waals surface area contributed by atoms with Crippen LogP contribution in [-0.2, 0) is 13.0 Å². The van der Waals surface area contributed by atoms with Crippen LogP contribution in [0.15, 0.2) is 60.7 Å². The smallest absolute Gasteiger partial charge is 0.494 e. The van der Waals surface area contributed by atoms with Gasteiger partial charge >= 0.3 is 6.36 Å². The van der Waals surface area contributed by atoms with E-state index in [2.05, 4.69) is 9.72 Å². The largest absolute Gasteiger partial charge is 0.573 e. The van der Waals surface area contributed by atoms with Gasteiger partial charge in [0.1, 0.15) is 11.5 Å². The molecule has 0 atom stereocenters. The van der Waals surface area contributed by atoms with E-state index < -0.39 is 6.36 Å². The molecule has 0 fully saturated rings. The van der Waals surface area contributed by atoms with Gasteiger partial charge in [0.25, 0.3) is 5.91 Å². The second-order valence-corrected chi connectivity index (χ2v) is 8.75. The zero-order valence-corrected chi connectivity index (χ0v) is 19.9. The minimum Gasteiger partial charge on any atom is -0.494 e. The predicted molar refractivity (Wildman–Crippen MR) is 131 cm³/mol. The number of nitrogens with one attached hydrogen (secondary N) is 1. The summed E-state index contributed by atoms with van der Waals surface area (Å²) in [6.07, 6.45) is -4.02. The van der Waals surface area contributed by atoms with E-state index in [1.165, 1.54) is 12.1 Å². The van der Waals surface area contributed by atoms with Gasteiger partial charge in [-0.15, -0.1) is 13.2 Å². The van der Waals surface area contributed by atoms with Gasteiger partial charge in [0, 0.05) is 47.2 Å². The zero-order valence-electron chi connectivity index (χ0n) is 19.9. The van der Waals surface area contributed by atoms with Crippen LogP contribution in [0.4, 0.5) is 13.2 Å². The highest BCUT2D eigenvalue weighted by Crippen LogP contribution is 2.33. The lowest BCUT2D eigenvalue weighted by atomic mass is 9.95. The fourth-order valence-corrected chi connectivity index (χ4v) is 4.81. The standard InChI is InChI=1S/C28H25F3N2O3/c1-3-35-20-11-12-25-23(15-20)24-16-33(14-13-26(24)32-25)27(34)22-6-4-5-21(17(22)2)18-7-9-19(10-8-18)36-28(29,30)31/h4-12,15,32H,3,13-14,16H2,1-2H3. The Bertz CT molecular complexity index is 1420. The fraction of sp³-hybridized carbons (Fsp3) is 0.250. The third-order valence-corrected chi connectivity index (χ3v) is 6.51. The van der Waals surface area contributed by atoms with Crippen LogP contribution in [-0.4, -0.2) is 35.3 Å². The molecule has 3 aromatic carbocycles. The minimum absolute atomic E-state index is 0.0765. The molecule has 8 heteroatoms. The normalized spacial score (nSPS) is 13.5. The maximum atomic E-state index is 13.6. The number of aromatic amines is 1. The summed E-state index contributed by atoms with van der Waals surface area (Å²) in [6.45, 7) is 5.45. The number of H-pyrrole nitrogens is 1. The number of carbonyl (C=O) groups is 1.